The number of amidine groups is 1. The van der Waals surface area contributed by atoms with E-state index >= 15 is 0 Å². The topological polar surface area (TPSA) is 59.2 Å². The van der Waals surface area contributed by atoms with Gasteiger partial charge in [-0.05, 0) is 18.4 Å². The Bertz CT molecular complexity index is 752. The molecule has 0 aliphatic carbocycles. The summed E-state index contributed by atoms with van der Waals surface area (Å²) in [6.45, 7) is 0.696. The Hall–Kier alpha value is -2.70. The molecule has 25 heavy (non-hydrogen) atoms. The highest BCUT2D eigenvalue weighted by molar-refractivity contribution is 6.25. The summed E-state index contributed by atoms with van der Waals surface area (Å²) in [5.74, 6) is 1.01. The number of hydrogen-bond donors (Lipinski definition) is 0. The SMILES string of the molecule is CN1C(=O)C2C(=NC(=[N+](C)C)N2CCCc2ccccc2)N(C)C1=O. The Morgan fingerprint density at radius 2 is 1.76 bits per heavy atom. The molecule has 0 saturated carbocycles. The average molecular weight is 342 g/mol. The molecule has 3 rings (SSSR count). The first-order valence-electron chi connectivity index (χ1n) is 8.40. The third-order valence-electron chi connectivity index (χ3n) is 4.62. The van der Waals surface area contributed by atoms with Gasteiger partial charge in [0.05, 0.1) is 20.6 Å². The number of hydrogen-bond acceptors (Lipinski definition) is 2. The van der Waals surface area contributed by atoms with Gasteiger partial charge in [0.1, 0.15) is 0 Å². The van der Waals surface area contributed by atoms with Crippen molar-refractivity contribution < 1.29 is 14.2 Å². The van der Waals surface area contributed by atoms with Crippen molar-refractivity contribution in [3.8, 4) is 0 Å². The molecule has 2 aliphatic heterocycles. The van der Waals surface area contributed by atoms with Crippen molar-refractivity contribution in [1.82, 2.24) is 14.7 Å². The first-order valence-corrected chi connectivity index (χ1v) is 8.40. The first-order chi connectivity index (χ1) is 11.9. The van der Waals surface area contributed by atoms with Crippen molar-refractivity contribution in [3.63, 3.8) is 0 Å². The molecule has 1 atom stereocenters. The first kappa shape index (κ1) is 17.1. The summed E-state index contributed by atoms with van der Waals surface area (Å²) >= 11 is 0. The van der Waals surface area contributed by atoms with E-state index in [1.807, 2.05) is 41.8 Å². The summed E-state index contributed by atoms with van der Waals surface area (Å²) in [7, 11) is 6.99. The standard InChI is InChI=1S/C18H24N5O2/c1-20(2)17-19-15-14(16(24)22(4)18(25)21(15)3)23(17)12-8-11-13-9-6-5-7-10-13/h5-7,9-10,14H,8,11-12H2,1-4H3/q+1. The van der Waals surface area contributed by atoms with Gasteiger partial charge in [-0.1, -0.05) is 35.3 Å². The molecule has 2 aliphatic rings. The fourth-order valence-electron chi connectivity index (χ4n) is 3.27. The van der Waals surface area contributed by atoms with Gasteiger partial charge < -0.3 is 0 Å². The number of aryl methyl sites for hydroxylation is 1. The number of amides is 3. The lowest BCUT2D eigenvalue weighted by Crippen LogP contribution is -2.62. The zero-order chi connectivity index (χ0) is 18.1. The van der Waals surface area contributed by atoms with Crippen LogP contribution in [0.5, 0.6) is 0 Å². The lowest BCUT2D eigenvalue weighted by molar-refractivity contribution is -0.470. The number of aliphatic imine (C=N–C) groups is 1. The van der Waals surface area contributed by atoms with Crippen LogP contribution in [0, 0.1) is 0 Å². The van der Waals surface area contributed by atoms with Gasteiger partial charge in [0, 0.05) is 14.1 Å². The van der Waals surface area contributed by atoms with Gasteiger partial charge in [0.2, 0.25) is 11.9 Å². The molecule has 132 valence electrons. The second-order valence-electron chi connectivity index (χ2n) is 6.59. The van der Waals surface area contributed by atoms with Gasteiger partial charge in [-0.2, -0.15) is 0 Å². The highest BCUT2D eigenvalue weighted by Gasteiger charge is 2.54. The summed E-state index contributed by atoms with van der Waals surface area (Å²) in [5.41, 5.74) is 1.27. The van der Waals surface area contributed by atoms with Gasteiger partial charge in [-0.25, -0.2) is 9.69 Å². The van der Waals surface area contributed by atoms with Crippen molar-refractivity contribution in [2.24, 2.45) is 4.99 Å². The van der Waals surface area contributed by atoms with Crippen LogP contribution in [0.1, 0.15) is 12.0 Å². The maximum atomic E-state index is 12.7. The maximum Gasteiger partial charge on any atom is 0.391 e. The molecule has 0 spiro atoms. The van der Waals surface area contributed by atoms with Crippen molar-refractivity contribution in [1.29, 1.82) is 0 Å². The van der Waals surface area contributed by atoms with E-state index in [9.17, 15) is 9.59 Å². The summed E-state index contributed by atoms with van der Waals surface area (Å²) in [6.07, 6.45) is 1.83. The number of carbonyl (C=O) groups excluding carboxylic acids is 2. The Morgan fingerprint density at radius 1 is 1.08 bits per heavy atom. The van der Waals surface area contributed by atoms with E-state index in [0.717, 1.165) is 18.8 Å². The number of carbonyl (C=O) groups is 2. The fourth-order valence-corrected chi connectivity index (χ4v) is 3.27. The summed E-state index contributed by atoms with van der Waals surface area (Å²) in [6, 6.07) is 9.41. The molecular weight excluding hydrogens is 318 g/mol. The van der Waals surface area contributed by atoms with E-state index in [2.05, 4.69) is 17.1 Å². The zero-order valence-corrected chi connectivity index (χ0v) is 15.1. The predicted molar refractivity (Wildman–Crippen MR) is 95.7 cm³/mol. The molecule has 0 aromatic heterocycles. The van der Waals surface area contributed by atoms with Crippen LogP contribution in [-0.2, 0) is 11.2 Å². The number of urea groups is 1. The van der Waals surface area contributed by atoms with Gasteiger partial charge >= 0.3 is 12.0 Å². The van der Waals surface area contributed by atoms with Crippen LogP contribution in [0.25, 0.3) is 0 Å². The monoisotopic (exact) mass is 342 g/mol. The van der Waals surface area contributed by atoms with E-state index in [-0.39, 0.29) is 11.9 Å². The minimum Gasteiger partial charge on any atom is -0.270 e. The van der Waals surface area contributed by atoms with Gasteiger partial charge in [-0.3, -0.25) is 19.2 Å². The molecule has 1 unspecified atom stereocenters. The van der Waals surface area contributed by atoms with Gasteiger partial charge in [0.15, 0.2) is 0 Å². The van der Waals surface area contributed by atoms with Crippen LogP contribution in [0.3, 0.4) is 0 Å². The minimum absolute atomic E-state index is 0.224. The molecule has 1 aromatic rings. The largest absolute Gasteiger partial charge is 0.391 e. The number of nitrogens with zero attached hydrogens (tertiary/aromatic N) is 5. The molecule has 0 radical (unpaired) electrons. The number of benzene rings is 1. The molecule has 0 N–H and O–H groups in total. The zero-order valence-electron chi connectivity index (χ0n) is 15.1. The minimum atomic E-state index is -0.527. The summed E-state index contributed by atoms with van der Waals surface area (Å²) in [4.78, 5) is 34.1. The highest BCUT2D eigenvalue weighted by Crippen LogP contribution is 2.23. The molecule has 0 bridgehead atoms. The average Bonchev–Trinajstić information content (AvgIpc) is 2.99. The Labute approximate surface area is 147 Å². The second-order valence-corrected chi connectivity index (χ2v) is 6.59. The molecule has 3 amide bonds. The Morgan fingerprint density at radius 3 is 2.40 bits per heavy atom. The molecule has 1 saturated heterocycles. The molecule has 2 heterocycles. The van der Waals surface area contributed by atoms with Crippen molar-refractivity contribution in [3.05, 3.63) is 35.9 Å². The number of likely N-dealkylation sites (N-methyl/N-ethyl adjacent to an activating group) is 2. The van der Waals surface area contributed by atoms with E-state index in [4.69, 9.17) is 0 Å². The highest BCUT2D eigenvalue weighted by atomic mass is 16.2. The third kappa shape index (κ3) is 3.01. The smallest absolute Gasteiger partial charge is 0.270 e. The maximum absolute atomic E-state index is 12.7. The van der Waals surface area contributed by atoms with Crippen LogP contribution in [-0.4, -0.2) is 83.8 Å². The number of imide groups is 1. The van der Waals surface area contributed by atoms with Crippen LogP contribution >= 0.6 is 0 Å². The molecule has 7 nitrogen and oxygen atoms in total. The van der Waals surface area contributed by atoms with Crippen molar-refractivity contribution in [2.75, 3.05) is 34.7 Å². The van der Waals surface area contributed by atoms with Crippen molar-refractivity contribution in [2.45, 2.75) is 18.9 Å². The number of fused-ring (bicyclic) bond motifs is 1. The normalized spacial score (nSPS) is 20.2. The fraction of sp³-hybridized carbons (Fsp3) is 0.444. The second kappa shape index (κ2) is 6.66. The van der Waals surface area contributed by atoms with Crippen LogP contribution in [0.4, 0.5) is 4.79 Å². The molecular formula is C18H24N5O2+. The number of guanidine groups is 1. The van der Waals surface area contributed by atoms with E-state index in [0.29, 0.717) is 12.4 Å². The molecule has 7 heteroatoms. The van der Waals surface area contributed by atoms with Crippen molar-refractivity contribution >= 4 is 23.7 Å². The van der Waals surface area contributed by atoms with Crippen LogP contribution in [0.15, 0.2) is 35.3 Å². The Balaban J connectivity index is 1.81. The van der Waals surface area contributed by atoms with Crippen LogP contribution < -0.4 is 0 Å². The molecule has 1 fully saturated rings. The van der Waals surface area contributed by atoms with E-state index in [1.165, 1.54) is 22.4 Å². The lowest BCUT2D eigenvalue weighted by atomic mass is 10.1. The lowest BCUT2D eigenvalue weighted by Gasteiger charge is -2.33. The third-order valence-corrected chi connectivity index (χ3v) is 4.62. The van der Waals surface area contributed by atoms with E-state index in [1.54, 1.807) is 7.05 Å². The quantitative estimate of drug-likeness (QED) is 0.763. The summed E-state index contributed by atoms with van der Waals surface area (Å²) < 4.78 is 1.89. The summed E-state index contributed by atoms with van der Waals surface area (Å²) in [5, 5.41) is 0. The predicted octanol–water partition coefficient (Wildman–Crippen LogP) is 0.854. The van der Waals surface area contributed by atoms with Crippen LogP contribution in [0.2, 0.25) is 0 Å². The van der Waals surface area contributed by atoms with Gasteiger partial charge in [-0.15, -0.1) is 0 Å². The van der Waals surface area contributed by atoms with E-state index < -0.39 is 6.04 Å². The number of rotatable bonds is 4. The molecule has 1 aromatic carbocycles. The Kier molecular flexibility index (Phi) is 4.57. The van der Waals surface area contributed by atoms with Gasteiger partial charge in [0.25, 0.3) is 5.91 Å².